The molecule has 1 aliphatic rings. The lowest BCUT2D eigenvalue weighted by Crippen LogP contribution is -2.37. The molecule has 0 bridgehead atoms. The Labute approximate surface area is 116 Å². The molecule has 1 aromatic rings. The number of carbonyl (C=O) groups is 2. The first-order valence-corrected chi connectivity index (χ1v) is 6.36. The number of hydrogen-bond acceptors (Lipinski definition) is 4. The van der Waals surface area contributed by atoms with E-state index in [4.69, 9.17) is 9.47 Å². The molecule has 1 N–H and O–H groups in total. The summed E-state index contributed by atoms with van der Waals surface area (Å²) in [7, 11) is 1.33. The van der Waals surface area contributed by atoms with Crippen LogP contribution in [0.4, 0.5) is 4.39 Å². The van der Waals surface area contributed by atoms with Gasteiger partial charge in [-0.2, -0.15) is 0 Å². The Morgan fingerprint density at radius 2 is 2.10 bits per heavy atom. The molecule has 1 saturated carbocycles. The quantitative estimate of drug-likeness (QED) is 0.834. The fourth-order valence-electron chi connectivity index (χ4n) is 1.62. The lowest BCUT2D eigenvalue weighted by Gasteiger charge is -2.13. The van der Waals surface area contributed by atoms with Gasteiger partial charge in [-0.15, -0.1) is 0 Å². The van der Waals surface area contributed by atoms with Crippen LogP contribution >= 0.6 is 0 Å². The average molecular weight is 281 g/mol. The zero-order chi connectivity index (χ0) is 14.7. The molecule has 0 saturated heterocycles. The lowest BCUT2D eigenvalue weighted by atomic mass is 10.2. The van der Waals surface area contributed by atoms with E-state index in [9.17, 15) is 14.0 Å². The van der Waals surface area contributed by atoms with E-state index in [1.165, 1.54) is 26.2 Å². The molecular formula is C14H16FNO4. The Bertz CT molecular complexity index is 528. The minimum absolute atomic E-state index is 0.0365. The summed E-state index contributed by atoms with van der Waals surface area (Å²) >= 11 is 0. The van der Waals surface area contributed by atoms with Crippen molar-refractivity contribution in [1.82, 2.24) is 5.32 Å². The molecule has 6 heteroatoms. The van der Waals surface area contributed by atoms with E-state index in [-0.39, 0.29) is 23.3 Å². The van der Waals surface area contributed by atoms with Gasteiger partial charge in [-0.1, -0.05) is 0 Å². The van der Waals surface area contributed by atoms with E-state index in [0.29, 0.717) is 0 Å². The van der Waals surface area contributed by atoms with E-state index in [1.807, 2.05) is 0 Å². The van der Waals surface area contributed by atoms with E-state index >= 15 is 0 Å². The summed E-state index contributed by atoms with van der Waals surface area (Å²) in [6, 6.07) is 3.94. The fourth-order valence-corrected chi connectivity index (χ4v) is 1.62. The molecule has 20 heavy (non-hydrogen) atoms. The van der Waals surface area contributed by atoms with Gasteiger partial charge >= 0.3 is 5.97 Å². The van der Waals surface area contributed by atoms with Gasteiger partial charge in [0.1, 0.15) is 0 Å². The van der Waals surface area contributed by atoms with E-state index < -0.39 is 17.9 Å². The maximum atomic E-state index is 13.5. The molecule has 1 aromatic carbocycles. The van der Waals surface area contributed by atoms with Crippen LogP contribution in [-0.4, -0.2) is 31.1 Å². The highest BCUT2D eigenvalue weighted by atomic mass is 19.1. The Balaban J connectivity index is 1.96. The van der Waals surface area contributed by atoms with Gasteiger partial charge in [0.2, 0.25) is 0 Å². The summed E-state index contributed by atoms with van der Waals surface area (Å²) < 4.78 is 23.2. The maximum Gasteiger partial charge on any atom is 0.339 e. The molecule has 0 spiro atoms. The molecule has 108 valence electrons. The molecule has 1 fully saturated rings. The predicted molar refractivity (Wildman–Crippen MR) is 69.0 cm³/mol. The molecule has 1 unspecified atom stereocenters. The van der Waals surface area contributed by atoms with E-state index in [1.54, 1.807) is 0 Å². The van der Waals surface area contributed by atoms with Crippen LogP contribution in [0.2, 0.25) is 0 Å². The molecule has 1 atom stereocenters. The van der Waals surface area contributed by atoms with Crippen LogP contribution < -0.4 is 10.1 Å². The van der Waals surface area contributed by atoms with Crippen molar-refractivity contribution in [3.63, 3.8) is 0 Å². The number of hydrogen-bond donors (Lipinski definition) is 1. The SMILES string of the molecule is COc1ccc(C(=O)OC(C)C(=O)NC2CC2)cc1F. The monoisotopic (exact) mass is 281 g/mol. The Morgan fingerprint density at radius 1 is 1.40 bits per heavy atom. The van der Waals surface area contributed by atoms with Crippen LogP contribution in [0.3, 0.4) is 0 Å². The third-order valence-corrected chi connectivity index (χ3v) is 2.96. The van der Waals surface area contributed by atoms with Crippen molar-refractivity contribution in [3.05, 3.63) is 29.6 Å². The van der Waals surface area contributed by atoms with Gasteiger partial charge in [-0.05, 0) is 38.0 Å². The molecule has 0 heterocycles. The first-order chi connectivity index (χ1) is 9.51. The highest BCUT2D eigenvalue weighted by Crippen LogP contribution is 2.20. The first kappa shape index (κ1) is 14.3. The molecule has 1 aliphatic carbocycles. The summed E-state index contributed by atoms with van der Waals surface area (Å²) in [6.07, 6.45) is 1.000. The number of amides is 1. The van der Waals surface area contributed by atoms with Crippen LogP contribution in [-0.2, 0) is 9.53 Å². The van der Waals surface area contributed by atoms with Gasteiger partial charge in [-0.25, -0.2) is 9.18 Å². The molecule has 2 rings (SSSR count). The second kappa shape index (κ2) is 5.90. The smallest absolute Gasteiger partial charge is 0.339 e. The second-order valence-electron chi connectivity index (χ2n) is 4.68. The number of methoxy groups -OCH3 is 1. The van der Waals surface area contributed by atoms with Crippen molar-refractivity contribution in [3.8, 4) is 5.75 Å². The third-order valence-electron chi connectivity index (χ3n) is 2.96. The fraction of sp³-hybridized carbons (Fsp3) is 0.429. The Hall–Kier alpha value is -2.11. The second-order valence-corrected chi connectivity index (χ2v) is 4.68. The van der Waals surface area contributed by atoms with Gasteiger partial charge in [0.05, 0.1) is 12.7 Å². The van der Waals surface area contributed by atoms with Gasteiger partial charge in [-0.3, -0.25) is 4.79 Å². The number of halogens is 1. The van der Waals surface area contributed by atoms with Crippen LogP contribution in [0.1, 0.15) is 30.1 Å². The lowest BCUT2D eigenvalue weighted by molar-refractivity contribution is -0.129. The van der Waals surface area contributed by atoms with Crippen molar-refractivity contribution >= 4 is 11.9 Å². The zero-order valence-electron chi connectivity index (χ0n) is 11.3. The topological polar surface area (TPSA) is 64.6 Å². The summed E-state index contributed by atoms with van der Waals surface area (Å²) in [6.45, 7) is 1.48. The van der Waals surface area contributed by atoms with Gasteiger partial charge in [0.25, 0.3) is 5.91 Å². The molecule has 0 aromatic heterocycles. The molecular weight excluding hydrogens is 265 g/mol. The number of ether oxygens (including phenoxy) is 2. The molecule has 1 amide bonds. The zero-order valence-corrected chi connectivity index (χ0v) is 11.3. The van der Waals surface area contributed by atoms with Crippen LogP contribution in [0.5, 0.6) is 5.75 Å². The van der Waals surface area contributed by atoms with Gasteiger partial charge in [0.15, 0.2) is 17.7 Å². The van der Waals surface area contributed by atoms with Crippen LogP contribution in [0.15, 0.2) is 18.2 Å². The number of carbonyl (C=O) groups excluding carboxylic acids is 2. The van der Waals surface area contributed by atoms with Crippen molar-refractivity contribution in [2.75, 3.05) is 7.11 Å². The highest BCUT2D eigenvalue weighted by molar-refractivity contribution is 5.92. The minimum Gasteiger partial charge on any atom is -0.494 e. The first-order valence-electron chi connectivity index (χ1n) is 6.36. The number of esters is 1. The standard InChI is InChI=1S/C14H16FNO4/c1-8(13(17)16-10-4-5-10)20-14(18)9-3-6-12(19-2)11(15)7-9/h3,6-8,10H,4-5H2,1-2H3,(H,16,17). The summed E-state index contributed by atoms with van der Waals surface area (Å²) in [5.41, 5.74) is 0.0365. The largest absolute Gasteiger partial charge is 0.494 e. The van der Waals surface area contributed by atoms with Crippen LogP contribution in [0.25, 0.3) is 0 Å². The van der Waals surface area contributed by atoms with Crippen molar-refractivity contribution in [2.24, 2.45) is 0 Å². The number of nitrogens with one attached hydrogen (secondary N) is 1. The van der Waals surface area contributed by atoms with Crippen molar-refractivity contribution in [2.45, 2.75) is 31.9 Å². The third kappa shape index (κ3) is 3.46. The highest BCUT2D eigenvalue weighted by Gasteiger charge is 2.27. The molecule has 0 radical (unpaired) electrons. The number of benzene rings is 1. The Morgan fingerprint density at radius 3 is 2.65 bits per heavy atom. The average Bonchev–Trinajstić information content (AvgIpc) is 3.22. The summed E-state index contributed by atoms with van der Waals surface area (Å²) in [5.74, 6) is -1.70. The van der Waals surface area contributed by atoms with E-state index in [0.717, 1.165) is 18.9 Å². The van der Waals surface area contributed by atoms with Crippen LogP contribution in [0, 0.1) is 5.82 Å². The van der Waals surface area contributed by atoms with Crippen molar-refractivity contribution < 1.29 is 23.5 Å². The molecule has 0 aliphatic heterocycles. The maximum absolute atomic E-state index is 13.5. The van der Waals surface area contributed by atoms with Gasteiger partial charge in [0, 0.05) is 6.04 Å². The summed E-state index contributed by atoms with van der Waals surface area (Å²) in [4.78, 5) is 23.4. The minimum atomic E-state index is -0.909. The normalized spacial score (nSPS) is 15.3. The number of rotatable bonds is 5. The van der Waals surface area contributed by atoms with Gasteiger partial charge < -0.3 is 14.8 Å². The Kier molecular flexibility index (Phi) is 4.22. The van der Waals surface area contributed by atoms with E-state index in [2.05, 4.69) is 5.32 Å². The predicted octanol–water partition coefficient (Wildman–Crippen LogP) is 1.66. The van der Waals surface area contributed by atoms with Crippen molar-refractivity contribution in [1.29, 1.82) is 0 Å². The summed E-state index contributed by atoms with van der Waals surface area (Å²) in [5, 5.41) is 2.73. The molecule has 5 nitrogen and oxygen atoms in total.